The van der Waals surface area contributed by atoms with E-state index in [1.54, 1.807) is 0 Å². The van der Waals surface area contributed by atoms with Crippen molar-refractivity contribution in [1.82, 2.24) is 14.9 Å². The normalized spacial score (nSPS) is 23.0. The highest BCUT2D eigenvalue weighted by molar-refractivity contribution is 5.75. The Labute approximate surface area is 121 Å². The van der Waals surface area contributed by atoms with Crippen LogP contribution in [0.25, 0.3) is 11.0 Å². The molecule has 1 aromatic heterocycles. The number of nitrogens with one attached hydrogen (secondary N) is 1. The van der Waals surface area contributed by atoms with E-state index in [0.29, 0.717) is 5.92 Å². The molecule has 0 bridgehead atoms. The number of imidazole rings is 1. The second-order valence-corrected chi connectivity index (χ2v) is 6.28. The lowest BCUT2D eigenvalue weighted by Crippen LogP contribution is -2.47. The maximum atomic E-state index is 4.90. The van der Waals surface area contributed by atoms with Gasteiger partial charge in [-0.3, -0.25) is 0 Å². The molecule has 0 aliphatic carbocycles. The number of aryl methyl sites for hydroxylation is 1. The predicted molar refractivity (Wildman–Crippen MR) is 83.9 cm³/mol. The molecule has 1 unspecified atom stereocenters. The molecule has 1 N–H and O–H groups in total. The van der Waals surface area contributed by atoms with E-state index < -0.39 is 0 Å². The molecule has 0 amide bonds. The molecular weight excluding hydrogens is 246 g/mol. The van der Waals surface area contributed by atoms with Crippen molar-refractivity contribution in [3.05, 3.63) is 30.1 Å². The summed E-state index contributed by atoms with van der Waals surface area (Å²) < 4.78 is 2.37. The molecule has 1 aliphatic heterocycles. The third-order valence-corrected chi connectivity index (χ3v) is 4.91. The zero-order chi connectivity index (χ0) is 14.2. The zero-order valence-electron chi connectivity index (χ0n) is 12.8. The van der Waals surface area contributed by atoms with E-state index in [0.717, 1.165) is 25.0 Å². The van der Waals surface area contributed by atoms with Crippen LogP contribution < -0.4 is 5.32 Å². The van der Waals surface area contributed by atoms with Crippen molar-refractivity contribution in [1.29, 1.82) is 0 Å². The van der Waals surface area contributed by atoms with Gasteiger partial charge in [-0.2, -0.15) is 0 Å². The Morgan fingerprint density at radius 2 is 2.15 bits per heavy atom. The van der Waals surface area contributed by atoms with Crippen molar-refractivity contribution < 1.29 is 0 Å². The third-order valence-electron chi connectivity index (χ3n) is 4.91. The average Bonchev–Trinajstić information content (AvgIpc) is 3.03. The smallest absolute Gasteiger partial charge is 0.111 e. The fourth-order valence-corrected chi connectivity index (χ4v) is 3.57. The van der Waals surface area contributed by atoms with Crippen molar-refractivity contribution in [2.75, 3.05) is 6.54 Å². The van der Waals surface area contributed by atoms with E-state index in [2.05, 4.69) is 54.9 Å². The summed E-state index contributed by atoms with van der Waals surface area (Å²) in [7, 11) is 0. The van der Waals surface area contributed by atoms with E-state index in [4.69, 9.17) is 4.98 Å². The SMILES string of the molecule is CCn1c(CC2(C(C)C)CCCN2)nc2ccccc21. The molecule has 1 aliphatic rings. The summed E-state index contributed by atoms with van der Waals surface area (Å²) >= 11 is 0. The van der Waals surface area contributed by atoms with Gasteiger partial charge in [-0.15, -0.1) is 0 Å². The molecule has 1 atom stereocenters. The lowest BCUT2D eigenvalue weighted by atomic mass is 9.82. The number of hydrogen-bond donors (Lipinski definition) is 1. The minimum atomic E-state index is 0.230. The van der Waals surface area contributed by atoms with Crippen LogP contribution in [0.3, 0.4) is 0 Å². The Morgan fingerprint density at radius 1 is 1.35 bits per heavy atom. The molecule has 108 valence electrons. The summed E-state index contributed by atoms with van der Waals surface area (Å²) in [6.07, 6.45) is 3.58. The van der Waals surface area contributed by atoms with Crippen molar-refractivity contribution in [2.45, 2.75) is 52.1 Å². The van der Waals surface area contributed by atoms with Crippen LogP contribution in [0.15, 0.2) is 24.3 Å². The predicted octanol–water partition coefficient (Wildman–Crippen LogP) is 3.38. The highest BCUT2D eigenvalue weighted by Crippen LogP contribution is 2.32. The molecule has 1 fully saturated rings. The van der Waals surface area contributed by atoms with E-state index in [-0.39, 0.29) is 5.54 Å². The summed E-state index contributed by atoms with van der Waals surface area (Å²) in [5, 5.41) is 3.76. The van der Waals surface area contributed by atoms with E-state index in [1.807, 2.05) is 0 Å². The number of rotatable bonds is 4. The minimum Gasteiger partial charge on any atom is -0.328 e. The molecule has 2 aromatic rings. The first-order valence-corrected chi connectivity index (χ1v) is 7.85. The highest BCUT2D eigenvalue weighted by atomic mass is 15.1. The van der Waals surface area contributed by atoms with Gasteiger partial charge in [0.05, 0.1) is 11.0 Å². The first-order valence-electron chi connectivity index (χ1n) is 7.85. The topological polar surface area (TPSA) is 29.9 Å². The van der Waals surface area contributed by atoms with Gasteiger partial charge in [-0.25, -0.2) is 4.98 Å². The van der Waals surface area contributed by atoms with Gasteiger partial charge in [0.25, 0.3) is 0 Å². The summed E-state index contributed by atoms with van der Waals surface area (Å²) in [4.78, 5) is 4.90. The van der Waals surface area contributed by atoms with Gasteiger partial charge in [0.2, 0.25) is 0 Å². The lowest BCUT2D eigenvalue weighted by molar-refractivity contribution is 0.262. The van der Waals surface area contributed by atoms with Gasteiger partial charge >= 0.3 is 0 Å². The molecule has 2 heterocycles. The van der Waals surface area contributed by atoms with Gasteiger partial charge in [0, 0.05) is 18.5 Å². The molecular formula is C17H25N3. The second kappa shape index (κ2) is 5.21. The van der Waals surface area contributed by atoms with Gasteiger partial charge in [0.15, 0.2) is 0 Å². The molecule has 0 radical (unpaired) electrons. The summed E-state index contributed by atoms with van der Waals surface area (Å²) in [6, 6.07) is 8.48. The number of nitrogens with zero attached hydrogens (tertiary/aromatic N) is 2. The van der Waals surface area contributed by atoms with Crippen LogP contribution in [0.2, 0.25) is 0 Å². The largest absolute Gasteiger partial charge is 0.328 e. The maximum absolute atomic E-state index is 4.90. The van der Waals surface area contributed by atoms with Gasteiger partial charge < -0.3 is 9.88 Å². The Balaban J connectivity index is 2.01. The Hall–Kier alpha value is -1.35. The monoisotopic (exact) mass is 271 g/mol. The number of benzene rings is 1. The minimum absolute atomic E-state index is 0.230. The van der Waals surface area contributed by atoms with Crippen LogP contribution >= 0.6 is 0 Å². The Morgan fingerprint density at radius 3 is 2.80 bits per heavy atom. The molecule has 0 saturated carbocycles. The first-order chi connectivity index (χ1) is 9.66. The van der Waals surface area contributed by atoms with E-state index in [9.17, 15) is 0 Å². The van der Waals surface area contributed by atoms with Crippen LogP contribution in [0.1, 0.15) is 39.4 Å². The van der Waals surface area contributed by atoms with Gasteiger partial charge in [-0.05, 0) is 44.4 Å². The summed E-state index contributed by atoms with van der Waals surface area (Å²) in [5.74, 6) is 1.87. The molecule has 3 nitrogen and oxygen atoms in total. The summed E-state index contributed by atoms with van der Waals surface area (Å²) in [6.45, 7) is 9.00. The lowest BCUT2D eigenvalue weighted by Gasteiger charge is -2.33. The van der Waals surface area contributed by atoms with Crippen molar-refractivity contribution in [3.63, 3.8) is 0 Å². The van der Waals surface area contributed by atoms with E-state index in [1.165, 1.54) is 24.2 Å². The van der Waals surface area contributed by atoms with Crippen molar-refractivity contribution in [3.8, 4) is 0 Å². The molecule has 1 aromatic carbocycles. The maximum Gasteiger partial charge on any atom is 0.111 e. The number of hydrogen-bond acceptors (Lipinski definition) is 2. The molecule has 3 rings (SSSR count). The molecule has 20 heavy (non-hydrogen) atoms. The molecule has 3 heteroatoms. The van der Waals surface area contributed by atoms with Crippen LogP contribution in [0, 0.1) is 5.92 Å². The van der Waals surface area contributed by atoms with Crippen LogP contribution in [-0.2, 0) is 13.0 Å². The highest BCUT2D eigenvalue weighted by Gasteiger charge is 2.37. The zero-order valence-corrected chi connectivity index (χ0v) is 12.8. The Bertz CT molecular complexity index is 591. The van der Waals surface area contributed by atoms with Crippen LogP contribution in [0.5, 0.6) is 0 Å². The van der Waals surface area contributed by atoms with Crippen molar-refractivity contribution in [2.24, 2.45) is 5.92 Å². The van der Waals surface area contributed by atoms with Crippen LogP contribution in [0.4, 0.5) is 0 Å². The molecule has 0 spiro atoms. The van der Waals surface area contributed by atoms with Gasteiger partial charge in [-0.1, -0.05) is 26.0 Å². The summed E-state index contributed by atoms with van der Waals surface area (Å²) in [5.41, 5.74) is 2.62. The second-order valence-electron chi connectivity index (χ2n) is 6.28. The number of para-hydroxylation sites is 2. The van der Waals surface area contributed by atoms with E-state index >= 15 is 0 Å². The van der Waals surface area contributed by atoms with Crippen molar-refractivity contribution >= 4 is 11.0 Å². The third kappa shape index (κ3) is 2.14. The first kappa shape index (κ1) is 13.6. The van der Waals surface area contributed by atoms with Gasteiger partial charge in [0.1, 0.15) is 5.82 Å². The fourth-order valence-electron chi connectivity index (χ4n) is 3.57. The number of aromatic nitrogens is 2. The number of fused-ring (bicyclic) bond motifs is 1. The fraction of sp³-hybridized carbons (Fsp3) is 0.588. The quantitative estimate of drug-likeness (QED) is 0.924. The average molecular weight is 271 g/mol. The Kier molecular flexibility index (Phi) is 3.55. The van der Waals surface area contributed by atoms with Crippen LogP contribution in [-0.4, -0.2) is 21.6 Å². The standard InChI is InChI=1S/C17H25N3/c1-4-20-15-9-6-5-8-14(15)19-16(20)12-17(13(2)3)10-7-11-18-17/h5-6,8-9,13,18H,4,7,10-12H2,1-3H3. The molecule has 1 saturated heterocycles.